The van der Waals surface area contributed by atoms with Gasteiger partial charge in [0.2, 0.25) is 10.0 Å². The normalized spacial score (nSPS) is 13.6. The maximum absolute atomic E-state index is 12.5. The van der Waals surface area contributed by atoms with Crippen molar-refractivity contribution in [3.05, 3.63) is 101 Å². The number of nitrogens with zero attached hydrogens (tertiary/aromatic N) is 1. The average Bonchev–Trinajstić information content (AvgIpc) is 2.99. The number of benzene rings is 3. The van der Waals surface area contributed by atoms with Crippen LogP contribution in [0.4, 0.5) is 0 Å². The standard InChI is InChI=1S/C22H18N2O4S/c25-21-19-8-4-5-9-20(19)22(26)24(21)15-17-10-12-18(13-11-17)29(27,28)23-14-16-6-2-1-3-7-16/h1-13,23H,14-15H2. The number of rotatable bonds is 6. The van der Waals surface area contributed by atoms with Gasteiger partial charge in [0.05, 0.1) is 22.6 Å². The molecule has 6 nitrogen and oxygen atoms in total. The van der Waals surface area contributed by atoms with Gasteiger partial charge in [-0.25, -0.2) is 13.1 Å². The summed E-state index contributed by atoms with van der Waals surface area (Å²) in [5, 5.41) is 0. The number of carbonyl (C=O) groups excluding carboxylic acids is 2. The van der Waals surface area contributed by atoms with Gasteiger partial charge in [-0.1, -0.05) is 54.6 Å². The highest BCUT2D eigenvalue weighted by molar-refractivity contribution is 7.89. The number of fused-ring (bicyclic) bond motifs is 1. The molecule has 0 radical (unpaired) electrons. The van der Waals surface area contributed by atoms with Crippen molar-refractivity contribution in [2.75, 3.05) is 0 Å². The maximum atomic E-state index is 12.5. The van der Waals surface area contributed by atoms with Crippen LogP contribution in [0.2, 0.25) is 0 Å². The highest BCUT2D eigenvalue weighted by Crippen LogP contribution is 2.24. The van der Waals surface area contributed by atoms with E-state index >= 15 is 0 Å². The van der Waals surface area contributed by atoms with E-state index in [1.54, 1.807) is 36.4 Å². The Bertz CT molecular complexity index is 1140. The number of hydrogen-bond donors (Lipinski definition) is 1. The topological polar surface area (TPSA) is 83.6 Å². The summed E-state index contributed by atoms with van der Waals surface area (Å²) in [6.45, 7) is 0.282. The molecule has 3 aromatic rings. The molecule has 0 atom stereocenters. The quantitative estimate of drug-likeness (QED) is 0.638. The second kappa shape index (κ2) is 7.62. The van der Waals surface area contributed by atoms with Gasteiger partial charge in [0.1, 0.15) is 0 Å². The fourth-order valence-electron chi connectivity index (χ4n) is 3.20. The molecule has 1 N–H and O–H groups in total. The molecular weight excluding hydrogens is 388 g/mol. The molecule has 0 aromatic heterocycles. The van der Waals surface area contributed by atoms with Crippen LogP contribution in [0.15, 0.2) is 83.8 Å². The Hall–Kier alpha value is -3.29. The van der Waals surface area contributed by atoms with Crippen molar-refractivity contribution in [3.63, 3.8) is 0 Å². The lowest BCUT2D eigenvalue weighted by atomic mass is 10.1. The Balaban J connectivity index is 1.46. The van der Waals surface area contributed by atoms with Crippen molar-refractivity contribution in [1.82, 2.24) is 9.62 Å². The molecule has 0 aliphatic carbocycles. The van der Waals surface area contributed by atoms with Crippen LogP contribution in [-0.2, 0) is 23.1 Å². The van der Waals surface area contributed by atoms with Crippen molar-refractivity contribution < 1.29 is 18.0 Å². The summed E-state index contributed by atoms with van der Waals surface area (Å²) in [7, 11) is -3.67. The van der Waals surface area contributed by atoms with Gasteiger partial charge in [-0.15, -0.1) is 0 Å². The highest BCUT2D eigenvalue weighted by Gasteiger charge is 2.34. The van der Waals surface area contributed by atoms with E-state index < -0.39 is 10.0 Å². The lowest BCUT2D eigenvalue weighted by molar-refractivity contribution is 0.0642. The number of sulfonamides is 1. The minimum Gasteiger partial charge on any atom is -0.270 e. The summed E-state index contributed by atoms with van der Waals surface area (Å²) in [6, 6.07) is 22.1. The van der Waals surface area contributed by atoms with E-state index in [-0.39, 0.29) is 29.8 Å². The number of imide groups is 1. The first-order chi connectivity index (χ1) is 14.0. The number of nitrogens with one attached hydrogen (secondary N) is 1. The van der Waals surface area contributed by atoms with Crippen LogP contribution >= 0.6 is 0 Å². The predicted molar refractivity (Wildman–Crippen MR) is 108 cm³/mol. The molecule has 0 unspecified atom stereocenters. The summed E-state index contributed by atoms with van der Waals surface area (Å²) >= 11 is 0. The van der Waals surface area contributed by atoms with E-state index in [0.29, 0.717) is 16.7 Å². The van der Waals surface area contributed by atoms with Gasteiger partial charge in [-0.2, -0.15) is 0 Å². The largest absolute Gasteiger partial charge is 0.270 e. The highest BCUT2D eigenvalue weighted by atomic mass is 32.2. The van der Waals surface area contributed by atoms with Crippen LogP contribution in [-0.4, -0.2) is 25.1 Å². The summed E-state index contributed by atoms with van der Waals surface area (Å²) in [5.41, 5.74) is 2.31. The van der Waals surface area contributed by atoms with Crippen LogP contribution in [0.5, 0.6) is 0 Å². The minimum atomic E-state index is -3.67. The first kappa shape index (κ1) is 19.0. The van der Waals surface area contributed by atoms with Gasteiger partial charge in [0.25, 0.3) is 11.8 Å². The first-order valence-electron chi connectivity index (χ1n) is 9.03. The molecule has 146 valence electrons. The zero-order valence-corrected chi connectivity index (χ0v) is 16.2. The molecule has 0 saturated heterocycles. The molecule has 1 aliphatic heterocycles. The molecule has 1 heterocycles. The van der Waals surface area contributed by atoms with E-state index in [4.69, 9.17) is 0 Å². The summed E-state index contributed by atoms with van der Waals surface area (Å²) in [5.74, 6) is -0.682. The Morgan fingerprint density at radius 3 is 1.83 bits per heavy atom. The van der Waals surface area contributed by atoms with Gasteiger partial charge in [-0.3, -0.25) is 14.5 Å². The third-order valence-electron chi connectivity index (χ3n) is 4.76. The molecule has 0 bridgehead atoms. The minimum absolute atomic E-state index is 0.0874. The van der Waals surface area contributed by atoms with E-state index in [0.717, 1.165) is 5.56 Å². The predicted octanol–water partition coefficient (Wildman–Crippen LogP) is 2.96. The zero-order valence-electron chi connectivity index (χ0n) is 15.4. The molecular formula is C22H18N2O4S. The Morgan fingerprint density at radius 1 is 0.690 bits per heavy atom. The van der Waals surface area contributed by atoms with E-state index in [1.807, 2.05) is 30.3 Å². The van der Waals surface area contributed by atoms with Gasteiger partial charge in [-0.05, 0) is 35.4 Å². The maximum Gasteiger partial charge on any atom is 0.261 e. The molecule has 7 heteroatoms. The summed E-state index contributed by atoms with van der Waals surface area (Å²) in [6.07, 6.45) is 0. The molecule has 4 rings (SSSR count). The lowest BCUT2D eigenvalue weighted by Crippen LogP contribution is -2.29. The van der Waals surface area contributed by atoms with Crippen LogP contribution in [0, 0.1) is 0 Å². The second-order valence-electron chi connectivity index (χ2n) is 6.70. The third kappa shape index (κ3) is 3.83. The lowest BCUT2D eigenvalue weighted by Gasteiger charge is -2.14. The fraction of sp³-hybridized carbons (Fsp3) is 0.0909. The molecule has 0 spiro atoms. The fourth-order valence-corrected chi connectivity index (χ4v) is 4.21. The Morgan fingerprint density at radius 2 is 1.24 bits per heavy atom. The van der Waals surface area contributed by atoms with Crippen molar-refractivity contribution in [2.45, 2.75) is 18.0 Å². The van der Waals surface area contributed by atoms with Crippen molar-refractivity contribution in [1.29, 1.82) is 0 Å². The molecule has 0 saturated carbocycles. The van der Waals surface area contributed by atoms with Crippen molar-refractivity contribution in [2.24, 2.45) is 0 Å². The van der Waals surface area contributed by atoms with Crippen LogP contribution < -0.4 is 4.72 Å². The number of amides is 2. The van der Waals surface area contributed by atoms with E-state index in [1.165, 1.54) is 17.0 Å². The van der Waals surface area contributed by atoms with E-state index in [2.05, 4.69) is 4.72 Å². The summed E-state index contributed by atoms with van der Waals surface area (Å²) < 4.78 is 27.5. The zero-order chi connectivity index (χ0) is 20.4. The van der Waals surface area contributed by atoms with Crippen molar-refractivity contribution in [3.8, 4) is 0 Å². The van der Waals surface area contributed by atoms with Gasteiger partial charge in [0, 0.05) is 6.54 Å². The van der Waals surface area contributed by atoms with Gasteiger partial charge < -0.3 is 0 Å². The van der Waals surface area contributed by atoms with E-state index in [9.17, 15) is 18.0 Å². The smallest absolute Gasteiger partial charge is 0.261 e. The van der Waals surface area contributed by atoms with Gasteiger partial charge in [0.15, 0.2) is 0 Å². The first-order valence-corrected chi connectivity index (χ1v) is 10.5. The van der Waals surface area contributed by atoms with Gasteiger partial charge >= 0.3 is 0 Å². The monoisotopic (exact) mass is 406 g/mol. The average molecular weight is 406 g/mol. The SMILES string of the molecule is O=C1c2ccccc2C(=O)N1Cc1ccc(S(=O)(=O)NCc2ccccc2)cc1. The molecule has 1 aliphatic rings. The number of carbonyl (C=O) groups is 2. The summed E-state index contributed by atoms with van der Waals surface area (Å²) in [4.78, 5) is 26.2. The molecule has 0 fully saturated rings. The van der Waals surface area contributed by atoms with Crippen LogP contribution in [0.3, 0.4) is 0 Å². The van der Waals surface area contributed by atoms with Crippen LogP contribution in [0.1, 0.15) is 31.8 Å². The molecule has 29 heavy (non-hydrogen) atoms. The Kier molecular flexibility index (Phi) is 5.00. The third-order valence-corrected chi connectivity index (χ3v) is 6.18. The molecule has 2 amide bonds. The Labute approximate surface area is 168 Å². The molecule has 3 aromatic carbocycles. The van der Waals surface area contributed by atoms with Crippen molar-refractivity contribution >= 4 is 21.8 Å². The number of hydrogen-bond acceptors (Lipinski definition) is 4. The second-order valence-corrected chi connectivity index (χ2v) is 8.46. The van der Waals surface area contributed by atoms with Crippen LogP contribution in [0.25, 0.3) is 0 Å².